The Labute approximate surface area is 112 Å². The van der Waals surface area contributed by atoms with Gasteiger partial charge in [-0.25, -0.2) is 9.78 Å². The molecule has 6 heteroatoms. The summed E-state index contributed by atoms with van der Waals surface area (Å²) in [7, 11) is 3.33. The molecule has 0 bridgehead atoms. The maximum absolute atomic E-state index is 11.0. The molecule has 5 nitrogen and oxygen atoms in total. The zero-order valence-corrected chi connectivity index (χ0v) is 11.4. The molecule has 0 radical (unpaired) electrons. The molecule has 0 aliphatic heterocycles. The normalized spacial score (nSPS) is 10.4. The molecule has 0 atom stereocenters. The number of imidazole rings is 1. The van der Waals surface area contributed by atoms with Crippen molar-refractivity contribution < 1.29 is 14.6 Å². The minimum Gasteiger partial charge on any atom is -0.497 e. The lowest BCUT2D eigenvalue weighted by molar-refractivity contribution is 0.0690. The Morgan fingerprint density at radius 2 is 2.22 bits per heavy atom. The van der Waals surface area contributed by atoms with Gasteiger partial charge in [0.05, 0.1) is 7.11 Å². The van der Waals surface area contributed by atoms with E-state index in [2.05, 4.69) is 20.9 Å². The van der Waals surface area contributed by atoms with E-state index in [-0.39, 0.29) is 5.69 Å². The number of halogens is 1. The second-order valence-electron chi connectivity index (χ2n) is 3.67. The number of hydrogen-bond donors (Lipinski definition) is 1. The first-order valence-corrected chi connectivity index (χ1v) is 5.94. The van der Waals surface area contributed by atoms with Crippen LogP contribution in [0.15, 0.2) is 28.9 Å². The molecule has 0 spiro atoms. The Balaban J connectivity index is 2.57. The summed E-state index contributed by atoms with van der Waals surface area (Å²) in [5.74, 6) is 0.202. The van der Waals surface area contributed by atoms with Gasteiger partial charge in [0.2, 0.25) is 0 Å². The summed E-state index contributed by atoms with van der Waals surface area (Å²) in [6.07, 6.45) is 0. The molecule has 0 fully saturated rings. The number of aromatic nitrogens is 2. The fourth-order valence-corrected chi connectivity index (χ4v) is 2.06. The number of benzene rings is 1. The van der Waals surface area contributed by atoms with Crippen LogP contribution in [-0.4, -0.2) is 27.7 Å². The average molecular weight is 311 g/mol. The fraction of sp³-hybridized carbons (Fsp3) is 0.167. The third-order valence-corrected chi connectivity index (χ3v) is 3.46. The summed E-state index contributed by atoms with van der Waals surface area (Å²) in [6, 6.07) is 7.31. The Kier molecular flexibility index (Phi) is 3.38. The molecule has 0 saturated carbocycles. The molecule has 0 saturated heterocycles. The van der Waals surface area contributed by atoms with Crippen molar-refractivity contribution in [2.75, 3.05) is 7.11 Å². The van der Waals surface area contributed by atoms with Crippen LogP contribution in [0.25, 0.3) is 11.4 Å². The lowest BCUT2D eigenvalue weighted by Gasteiger charge is -2.04. The van der Waals surface area contributed by atoms with E-state index in [9.17, 15) is 4.79 Å². The summed E-state index contributed by atoms with van der Waals surface area (Å²) in [5.41, 5.74) is 0.792. The predicted molar refractivity (Wildman–Crippen MR) is 69.9 cm³/mol. The van der Waals surface area contributed by atoms with Gasteiger partial charge in [-0.15, -0.1) is 0 Å². The predicted octanol–water partition coefficient (Wildman–Crippen LogP) is 2.56. The van der Waals surface area contributed by atoms with Gasteiger partial charge in [-0.3, -0.25) is 0 Å². The number of aromatic carboxylic acids is 1. The lowest BCUT2D eigenvalue weighted by atomic mass is 10.2. The first kappa shape index (κ1) is 12.6. The number of ether oxygens (including phenoxy) is 1. The van der Waals surface area contributed by atoms with Crippen molar-refractivity contribution in [1.82, 2.24) is 9.55 Å². The van der Waals surface area contributed by atoms with Crippen molar-refractivity contribution in [3.8, 4) is 17.1 Å². The third kappa shape index (κ3) is 2.11. The number of carboxylic acid groups (broad SMARTS) is 1. The van der Waals surface area contributed by atoms with Crippen LogP contribution in [0.3, 0.4) is 0 Å². The van der Waals surface area contributed by atoms with Crippen LogP contribution in [0.5, 0.6) is 5.75 Å². The zero-order valence-electron chi connectivity index (χ0n) is 9.85. The molecule has 0 unspecified atom stereocenters. The maximum atomic E-state index is 11.0. The van der Waals surface area contributed by atoms with E-state index in [1.807, 2.05) is 18.2 Å². The van der Waals surface area contributed by atoms with Crippen LogP contribution >= 0.6 is 15.9 Å². The third-order valence-electron chi connectivity index (χ3n) is 2.56. The second kappa shape index (κ2) is 4.81. The van der Waals surface area contributed by atoms with Gasteiger partial charge >= 0.3 is 5.97 Å². The first-order valence-electron chi connectivity index (χ1n) is 5.14. The highest BCUT2D eigenvalue weighted by molar-refractivity contribution is 9.10. The molecular formula is C12H11BrN2O3. The van der Waals surface area contributed by atoms with Crippen LogP contribution in [-0.2, 0) is 7.05 Å². The van der Waals surface area contributed by atoms with Crippen LogP contribution < -0.4 is 4.74 Å². The highest BCUT2D eigenvalue weighted by Gasteiger charge is 2.19. The van der Waals surface area contributed by atoms with E-state index >= 15 is 0 Å². The molecule has 2 rings (SSSR count). The molecule has 1 N–H and O–H groups in total. The van der Waals surface area contributed by atoms with Gasteiger partial charge in [-0.2, -0.15) is 0 Å². The highest BCUT2D eigenvalue weighted by Crippen LogP contribution is 2.27. The Bertz CT molecular complexity index is 607. The number of carboxylic acids is 1. The fourth-order valence-electron chi connectivity index (χ4n) is 1.64. The van der Waals surface area contributed by atoms with Crippen LogP contribution in [0.2, 0.25) is 0 Å². The Morgan fingerprint density at radius 3 is 2.78 bits per heavy atom. The van der Waals surface area contributed by atoms with Gasteiger partial charge in [0.25, 0.3) is 0 Å². The molecule has 0 aliphatic rings. The minimum atomic E-state index is -1.06. The maximum Gasteiger partial charge on any atom is 0.357 e. The van der Waals surface area contributed by atoms with E-state index in [0.29, 0.717) is 16.2 Å². The number of hydrogen-bond acceptors (Lipinski definition) is 3. The summed E-state index contributed by atoms with van der Waals surface area (Å²) in [4.78, 5) is 15.1. The number of nitrogens with zero attached hydrogens (tertiary/aromatic N) is 2. The smallest absolute Gasteiger partial charge is 0.357 e. The van der Waals surface area contributed by atoms with Gasteiger partial charge < -0.3 is 14.4 Å². The molecular weight excluding hydrogens is 300 g/mol. The second-order valence-corrected chi connectivity index (χ2v) is 4.42. The van der Waals surface area contributed by atoms with Gasteiger partial charge in [0.15, 0.2) is 5.69 Å². The standard InChI is InChI=1S/C12H11BrN2O3/c1-15-10(13)9(12(16)17)14-11(15)7-4-3-5-8(6-7)18-2/h3-6H,1-2H3,(H,16,17). The van der Waals surface area contributed by atoms with Gasteiger partial charge in [-0.05, 0) is 28.1 Å². The summed E-state index contributed by atoms with van der Waals surface area (Å²) < 4.78 is 7.25. The highest BCUT2D eigenvalue weighted by atomic mass is 79.9. The van der Waals surface area contributed by atoms with E-state index in [1.54, 1.807) is 24.8 Å². The monoisotopic (exact) mass is 310 g/mol. The Morgan fingerprint density at radius 1 is 1.50 bits per heavy atom. The van der Waals surface area contributed by atoms with E-state index in [4.69, 9.17) is 9.84 Å². The van der Waals surface area contributed by atoms with Gasteiger partial charge in [-0.1, -0.05) is 12.1 Å². The van der Waals surface area contributed by atoms with Gasteiger partial charge in [0.1, 0.15) is 16.2 Å². The molecule has 1 aromatic heterocycles. The molecule has 0 amide bonds. The molecule has 1 heterocycles. The van der Waals surface area contributed by atoms with E-state index in [1.165, 1.54) is 0 Å². The van der Waals surface area contributed by atoms with Crippen LogP contribution in [0, 0.1) is 0 Å². The van der Waals surface area contributed by atoms with Crippen LogP contribution in [0.1, 0.15) is 10.5 Å². The first-order chi connectivity index (χ1) is 8.54. The van der Waals surface area contributed by atoms with Crippen molar-refractivity contribution >= 4 is 21.9 Å². The summed E-state index contributed by atoms with van der Waals surface area (Å²) >= 11 is 3.22. The van der Waals surface area contributed by atoms with Crippen molar-refractivity contribution in [2.45, 2.75) is 0 Å². The zero-order chi connectivity index (χ0) is 13.3. The van der Waals surface area contributed by atoms with Gasteiger partial charge in [0, 0.05) is 12.6 Å². The summed E-state index contributed by atoms with van der Waals surface area (Å²) in [5, 5.41) is 9.02. The molecule has 2 aromatic rings. The SMILES string of the molecule is COc1cccc(-c2nc(C(=O)O)c(Br)n2C)c1. The Hall–Kier alpha value is -1.82. The van der Waals surface area contributed by atoms with Crippen molar-refractivity contribution in [1.29, 1.82) is 0 Å². The average Bonchev–Trinajstić information content (AvgIpc) is 2.67. The molecule has 0 aliphatic carbocycles. The van der Waals surface area contributed by atoms with E-state index in [0.717, 1.165) is 5.56 Å². The molecule has 1 aromatic carbocycles. The largest absolute Gasteiger partial charge is 0.497 e. The number of carbonyl (C=O) groups is 1. The van der Waals surface area contributed by atoms with Crippen molar-refractivity contribution in [3.63, 3.8) is 0 Å². The van der Waals surface area contributed by atoms with E-state index < -0.39 is 5.97 Å². The molecule has 94 valence electrons. The van der Waals surface area contributed by atoms with Crippen molar-refractivity contribution in [2.24, 2.45) is 7.05 Å². The lowest BCUT2D eigenvalue weighted by Crippen LogP contribution is -1.97. The summed E-state index contributed by atoms with van der Waals surface area (Å²) in [6.45, 7) is 0. The minimum absolute atomic E-state index is 0.00433. The topological polar surface area (TPSA) is 64.3 Å². The quantitative estimate of drug-likeness (QED) is 0.946. The van der Waals surface area contributed by atoms with Crippen LogP contribution in [0.4, 0.5) is 0 Å². The molecule has 18 heavy (non-hydrogen) atoms. The van der Waals surface area contributed by atoms with Crippen molar-refractivity contribution in [3.05, 3.63) is 34.6 Å². The number of methoxy groups -OCH3 is 1. The number of rotatable bonds is 3.